The fourth-order valence-electron chi connectivity index (χ4n) is 1.50. The van der Waals surface area contributed by atoms with E-state index in [-0.39, 0.29) is 21.1 Å². The third kappa shape index (κ3) is 3.95. The SMILES string of the molecule is Cc1c(Cl)cc(F)cc1S(=O)(=O)CCC(C)(C)C. The van der Waals surface area contributed by atoms with E-state index in [1.54, 1.807) is 6.92 Å². The first-order valence-corrected chi connectivity index (χ1v) is 7.74. The molecule has 18 heavy (non-hydrogen) atoms. The van der Waals surface area contributed by atoms with Crippen LogP contribution >= 0.6 is 11.6 Å². The van der Waals surface area contributed by atoms with Crippen LogP contribution in [-0.4, -0.2) is 14.2 Å². The maximum atomic E-state index is 13.3. The quantitative estimate of drug-likeness (QED) is 0.844. The molecule has 1 rings (SSSR count). The Bertz CT molecular complexity index is 545. The van der Waals surface area contributed by atoms with Crippen LogP contribution in [0, 0.1) is 18.2 Å². The third-order valence-corrected chi connectivity index (χ3v) is 4.95. The van der Waals surface area contributed by atoms with Crippen molar-refractivity contribution in [2.24, 2.45) is 5.41 Å². The second-order valence-corrected chi connectivity index (χ2v) is 8.13. The Morgan fingerprint density at radius 1 is 1.28 bits per heavy atom. The summed E-state index contributed by atoms with van der Waals surface area (Å²) in [5, 5.41) is 0.143. The fourth-order valence-corrected chi connectivity index (χ4v) is 3.73. The van der Waals surface area contributed by atoms with Gasteiger partial charge in [0.05, 0.1) is 10.6 Å². The van der Waals surface area contributed by atoms with Gasteiger partial charge in [-0.1, -0.05) is 32.4 Å². The van der Waals surface area contributed by atoms with Gasteiger partial charge in [0.1, 0.15) is 5.82 Å². The molecule has 1 aromatic carbocycles. The molecule has 0 unspecified atom stereocenters. The largest absolute Gasteiger partial charge is 0.224 e. The van der Waals surface area contributed by atoms with Crippen LogP contribution in [-0.2, 0) is 9.84 Å². The van der Waals surface area contributed by atoms with Crippen molar-refractivity contribution in [3.8, 4) is 0 Å². The highest BCUT2D eigenvalue weighted by Gasteiger charge is 2.22. The molecular formula is C13H18ClFO2S. The molecule has 0 radical (unpaired) electrons. The minimum absolute atomic E-state index is 0.00285. The molecule has 0 aliphatic heterocycles. The Kier molecular flexibility index (Phi) is 4.44. The lowest BCUT2D eigenvalue weighted by molar-refractivity contribution is 0.397. The maximum Gasteiger partial charge on any atom is 0.178 e. The zero-order valence-corrected chi connectivity index (χ0v) is 12.6. The molecule has 0 N–H and O–H groups in total. The molecule has 5 heteroatoms. The zero-order valence-electron chi connectivity index (χ0n) is 11.0. The molecule has 0 heterocycles. The first-order valence-electron chi connectivity index (χ1n) is 5.71. The summed E-state index contributed by atoms with van der Waals surface area (Å²) >= 11 is 5.81. The molecule has 0 amide bonds. The van der Waals surface area contributed by atoms with E-state index in [1.165, 1.54) is 0 Å². The highest BCUT2D eigenvalue weighted by molar-refractivity contribution is 7.91. The molecule has 0 atom stereocenters. The van der Waals surface area contributed by atoms with E-state index in [1.807, 2.05) is 20.8 Å². The van der Waals surface area contributed by atoms with Crippen molar-refractivity contribution < 1.29 is 12.8 Å². The summed E-state index contributed by atoms with van der Waals surface area (Å²) < 4.78 is 37.6. The second-order valence-electron chi connectivity index (χ2n) is 5.64. The number of rotatable bonds is 3. The van der Waals surface area contributed by atoms with E-state index in [2.05, 4.69) is 0 Å². The van der Waals surface area contributed by atoms with E-state index in [9.17, 15) is 12.8 Å². The van der Waals surface area contributed by atoms with Gasteiger partial charge < -0.3 is 0 Å². The lowest BCUT2D eigenvalue weighted by Crippen LogP contribution is -2.16. The summed E-state index contributed by atoms with van der Waals surface area (Å²) in [7, 11) is -3.49. The predicted octanol–water partition coefficient (Wildman–Crippen LogP) is 4.00. The van der Waals surface area contributed by atoms with E-state index in [0.717, 1.165) is 12.1 Å². The predicted molar refractivity (Wildman–Crippen MR) is 72.3 cm³/mol. The van der Waals surface area contributed by atoms with Crippen molar-refractivity contribution in [3.05, 3.63) is 28.5 Å². The first-order chi connectivity index (χ1) is 8.03. The average Bonchev–Trinajstić information content (AvgIpc) is 2.19. The van der Waals surface area contributed by atoms with Crippen LogP contribution in [0.25, 0.3) is 0 Å². The van der Waals surface area contributed by atoms with Gasteiger partial charge in [-0.2, -0.15) is 0 Å². The van der Waals surface area contributed by atoms with Crippen LogP contribution < -0.4 is 0 Å². The van der Waals surface area contributed by atoms with Gasteiger partial charge in [0.25, 0.3) is 0 Å². The third-order valence-electron chi connectivity index (χ3n) is 2.72. The second kappa shape index (κ2) is 5.17. The summed E-state index contributed by atoms with van der Waals surface area (Å²) in [4.78, 5) is -0.00301. The molecule has 0 aromatic heterocycles. The Morgan fingerprint density at radius 2 is 1.83 bits per heavy atom. The fraction of sp³-hybridized carbons (Fsp3) is 0.538. The maximum absolute atomic E-state index is 13.3. The number of hydrogen-bond donors (Lipinski definition) is 0. The number of benzene rings is 1. The van der Waals surface area contributed by atoms with Crippen molar-refractivity contribution in [2.75, 3.05) is 5.75 Å². The Balaban J connectivity index is 3.13. The normalized spacial score (nSPS) is 12.8. The number of hydrogen-bond acceptors (Lipinski definition) is 2. The molecular weight excluding hydrogens is 275 g/mol. The zero-order chi connectivity index (χ0) is 14.1. The molecule has 0 saturated heterocycles. The lowest BCUT2D eigenvalue weighted by atomic mass is 9.94. The van der Waals surface area contributed by atoms with Crippen molar-refractivity contribution in [1.29, 1.82) is 0 Å². The summed E-state index contributed by atoms with van der Waals surface area (Å²) in [5.41, 5.74) is 0.324. The molecule has 0 fully saturated rings. The number of halogens is 2. The van der Waals surface area contributed by atoms with Crippen molar-refractivity contribution in [3.63, 3.8) is 0 Å². The van der Waals surface area contributed by atoms with Crippen molar-refractivity contribution in [1.82, 2.24) is 0 Å². The molecule has 2 nitrogen and oxygen atoms in total. The highest BCUT2D eigenvalue weighted by atomic mass is 35.5. The van der Waals surface area contributed by atoms with Gasteiger partial charge >= 0.3 is 0 Å². The Morgan fingerprint density at radius 3 is 2.33 bits per heavy atom. The van der Waals surface area contributed by atoms with Crippen LogP contribution in [0.2, 0.25) is 5.02 Å². The molecule has 0 aliphatic carbocycles. The summed E-state index contributed by atoms with van der Waals surface area (Å²) in [6, 6.07) is 2.17. The molecule has 1 aromatic rings. The van der Waals surface area contributed by atoms with Crippen LogP contribution in [0.1, 0.15) is 32.8 Å². The van der Waals surface area contributed by atoms with E-state index < -0.39 is 15.7 Å². The molecule has 0 bridgehead atoms. The molecule has 0 aliphatic rings. The summed E-state index contributed by atoms with van der Waals surface area (Å²) in [6.07, 6.45) is 0.517. The van der Waals surface area contributed by atoms with Gasteiger partial charge in [0, 0.05) is 5.02 Å². The van der Waals surface area contributed by atoms with Gasteiger partial charge in [-0.05, 0) is 36.5 Å². The highest BCUT2D eigenvalue weighted by Crippen LogP contribution is 2.28. The van der Waals surface area contributed by atoms with E-state index in [4.69, 9.17) is 11.6 Å². The minimum Gasteiger partial charge on any atom is -0.224 e. The van der Waals surface area contributed by atoms with Gasteiger partial charge in [-0.15, -0.1) is 0 Å². The monoisotopic (exact) mass is 292 g/mol. The van der Waals surface area contributed by atoms with Crippen LogP contribution in [0.5, 0.6) is 0 Å². The topological polar surface area (TPSA) is 34.1 Å². The van der Waals surface area contributed by atoms with Crippen molar-refractivity contribution >= 4 is 21.4 Å². The van der Waals surface area contributed by atoms with Gasteiger partial charge in [0.2, 0.25) is 0 Å². The molecule has 0 spiro atoms. The minimum atomic E-state index is -3.49. The standard InChI is InChI=1S/C13H18ClFO2S/c1-9-11(14)7-10(15)8-12(9)18(16,17)6-5-13(2,3)4/h7-8H,5-6H2,1-4H3. The van der Waals surface area contributed by atoms with Gasteiger partial charge in [-0.25, -0.2) is 12.8 Å². The molecule has 102 valence electrons. The Labute approximate surface area is 113 Å². The van der Waals surface area contributed by atoms with Gasteiger partial charge in [0.15, 0.2) is 9.84 Å². The van der Waals surface area contributed by atoms with Crippen LogP contribution in [0.15, 0.2) is 17.0 Å². The smallest absolute Gasteiger partial charge is 0.178 e. The number of sulfone groups is 1. The lowest BCUT2D eigenvalue weighted by Gasteiger charge is -2.18. The van der Waals surface area contributed by atoms with Crippen LogP contribution in [0.3, 0.4) is 0 Å². The Hall–Kier alpha value is -0.610. The van der Waals surface area contributed by atoms with Crippen molar-refractivity contribution in [2.45, 2.75) is 39.0 Å². The summed E-state index contributed by atoms with van der Waals surface area (Å²) in [5.74, 6) is -0.628. The van der Waals surface area contributed by atoms with E-state index in [0.29, 0.717) is 12.0 Å². The summed E-state index contributed by atoms with van der Waals surface area (Å²) in [6.45, 7) is 7.49. The van der Waals surface area contributed by atoms with Gasteiger partial charge in [-0.3, -0.25) is 0 Å². The van der Waals surface area contributed by atoms with E-state index >= 15 is 0 Å². The first kappa shape index (κ1) is 15.4. The average molecular weight is 293 g/mol. The van der Waals surface area contributed by atoms with Crippen LogP contribution in [0.4, 0.5) is 4.39 Å². The molecule has 0 saturated carbocycles.